The van der Waals surface area contributed by atoms with Crippen molar-refractivity contribution in [1.82, 2.24) is 0 Å². The van der Waals surface area contributed by atoms with Gasteiger partial charge in [0.2, 0.25) is 5.91 Å². The standard InChI is InChI=1S/C25H18Cl2N2O3S/c26-17-12-18(27)14-20(13-17)29-25(31)23(16-6-2-1-3-7-16)33-21-9-4-8-19(15-21)28-24(30)22-10-5-11-32-22/h1-15,23H,(H,28,30)(H,29,31). The zero-order valence-corrected chi connectivity index (χ0v) is 19.5. The van der Waals surface area contributed by atoms with Crippen LogP contribution in [0.4, 0.5) is 11.4 Å². The average molecular weight is 497 g/mol. The third kappa shape index (κ3) is 6.20. The summed E-state index contributed by atoms with van der Waals surface area (Å²) < 4.78 is 5.14. The minimum absolute atomic E-state index is 0.217. The number of anilines is 2. The number of hydrogen-bond acceptors (Lipinski definition) is 4. The number of nitrogens with one attached hydrogen (secondary N) is 2. The predicted molar refractivity (Wildman–Crippen MR) is 133 cm³/mol. The summed E-state index contributed by atoms with van der Waals surface area (Å²) in [5, 5.41) is 6.01. The molecule has 166 valence electrons. The monoisotopic (exact) mass is 496 g/mol. The lowest BCUT2D eigenvalue weighted by Crippen LogP contribution is -2.19. The number of amides is 2. The Hall–Kier alpha value is -3.19. The van der Waals surface area contributed by atoms with Gasteiger partial charge in [-0.25, -0.2) is 0 Å². The molecule has 0 aliphatic carbocycles. The number of halogens is 2. The highest BCUT2D eigenvalue weighted by Crippen LogP contribution is 2.37. The van der Waals surface area contributed by atoms with Gasteiger partial charge < -0.3 is 15.1 Å². The largest absolute Gasteiger partial charge is 0.459 e. The summed E-state index contributed by atoms with van der Waals surface area (Å²) in [6.07, 6.45) is 1.44. The Morgan fingerprint density at radius 1 is 0.788 bits per heavy atom. The lowest BCUT2D eigenvalue weighted by atomic mass is 10.1. The van der Waals surface area contributed by atoms with Crippen molar-refractivity contribution in [1.29, 1.82) is 0 Å². The maximum Gasteiger partial charge on any atom is 0.291 e. The van der Waals surface area contributed by atoms with Crippen LogP contribution in [0.5, 0.6) is 0 Å². The summed E-state index contributed by atoms with van der Waals surface area (Å²) in [5.41, 5.74) is 1.94. The summed E-state index contributed by atoms with van der Waals surface area (Å²) in [6, 6.07) is 24.9. The van der Waals surface area contributed by atoms with Crippen molar-refractivity contribution in [3.8, 4) is 0 Å². The average Bonchev–Trinajstić information content (AvgIpc) is 3.33. The molecule has 8 heteroatoms. The van der Waals surface area contributed by atoms with E-state index in [-0.39, 0.29) is 17.6 Å². The molecule has 33 heavy (non-hydrogen) atoms. The van der Waals surface area contributed by atoms with E-state index in [1.54, 1.807) is 36.4 Å². The fraction of sp³-hybridized carbons (Fsp3) is 0.0400. The smallest absolute Gasteiger partial charge is 0.291 e. The van der Waals surface area contributed by atoms with E-state index in [0.29, 0.717) is 21.4 Å². The maximum atomic E-state index is 13.3. The van der Waals surface area contributed by atoms with E-state index in [9.17, 15) is 9.59 Å². The topological polar surface area (TPSA) is 71.3 Å². The number of furan rings is 1. The number of thioether (sulfide) groups is 1. The van der Waals surface area contributed by atoms with E-state index in [0.717, 1.165) is 10.5 Å². The molecule has 0 saturated heterocycles. The van der Waals surface area contributed by atoms with Gasteiger partial charge in [-0.3, -0.25) is 9.59 Å². The van der Waals surface area contributed by atoms with Gasteiger partial charge >= 0.3 is 0 Å². The Balaban J connectivity index is 1.56. The predicted octanol–water partition coefficient (Wildman–Crippen LogP) is 7.31. The van der Waals surface area contributed by atoms with Crippen molar-refractivity contribution in [2.24, 2.45) is 0 Å². The molecule has 4 aromatic rings. The first-order valence-electron chi connectivity index (χ1n) is 9.91. The second-order valence-electron chi connectivity index (χ2n) is 7.02. The Labute approximate surface area is 205 Å². The summed E-state index contributed by atoms with van der Waals surface area (Å²) in [4.78, 5) is 26.4. The molecule has 2 N–H and O–H groups in total. The molecular weight excluding hydrogens is 479 g/mol. The number of rotatable bonds is 7. The Kier molecular flexibility index (Phi) is 7.40. The highest BCUT2D eigenvalue weighted by Gasteiger charge is 2.23. The van der Waals surface area contributed by atoms with Crippen molar-refractivity contribution in [3.63, 3.8) is 0 Å². The van der Waals surface area contributed by atoms with Crippen LogP contribution >= 0.6 is 35.0 Å². The van der Waals surface area contributed by atoms with Gasteiger partial charge in [-0.15, -0.1) is 11.8 Å². The second-order valence-corrected chi connectivity index (χ2v) is 9.07. The first kappa shape index (κ1) is 23.0. The van der Waals surface area contributed by atoms with Gasteiger partial charge in [0, 0.05) is 26.3 Å². The molecule has 0 saturated carbocycles. The summed E-state index contributed by atoms with van der Waals surface area (Å²) in [6.45, 7) is 0. The van der Waals surface area contributed by atoms with Gasteiger partial charge in [0.15, 0.2) is 5.76 Å². The lowest BCUT2D eigenvalue weighted by Gasteiger charge is -2.18. The van der Waals surface area contributed by atoms with Crippen molar-refractivity contribution in [2.75, 3.05) is 10.6 Å². The number of benzene rings is 3. The molecule has 1 heterocycles. The van der Waals surface area contributed by atoms with E-state index in [2.05, 4.69) is 10.6 Å². The Morgan fingerprint density at radius 3 is 2.24 bits per heavy atom. The number of carbonyl (C=O) groups is 2. The fourth-order valence-electron chi connectivity index (χ4n) is 3.12. The number of carbonyl (C=O) groups excluding carboxylic acids is 2. The van der Waals surface area contributed by atoms with E-state index in [1.165, 1.54) is 18.0 Å². The van der Waals surface area contributed by atoms with E-state index in [1.807, 2.05) is 48.5 Å². The maximum absolute atomic E-state index is 13.3. The molecule has 5 nitrogen and oxygen atoms in total. The molecule has 1 atom stereocenters. The van der Waals surface area contributed by atoms with Gasteiger partial charge in [-0.2, -0.15) is 0 Å². The third-order valence-electron chi connectivity index (χ3n) is 4.56. The van der Waals surface area contributed by atoms with Gasteiger partial charge in [0.05, 0.1) is 6.26 Å². The van der Waals surface area contributed by atoms with Gasteiger partial charge in [-0.05, 0) is 54.1 Å². The van der Waals surface area contributed by atoms with Gasteiger partial charge in [0.1, 0.15) is 5.25 Å². The van der Waals surface area contributed by atoms with Crippen LogP contribution in [0.2, 0.25) is 10.0 Å². The van der Waals surface area contributed by atoms with Crippen LogP contribution in [0.25, 0.3) is 0 Å². The van der Waals surface area contributed by atoms with Crippen LogP contribution in [0.3, 0.4) is 0 Å². The van der Waals surface area contributed by atoms with Crippen molar-refractivity contribution in [2.45, 2.75) is 10.1 Å². The van der Waals surface area contributed by atoms with Crippen LogP contribution < -0.4 is 10.6 Å². The Bertz CT molecular complexity index is 1240. The van der Waals surface area contributed by atoms with Gasteiger partial charge in [-0.1, -0.05) is 59.6 Å². The van der Waals surface area contributed by atoms with E-state index >= 15 is 0 Å². The first-order chi connectivity index (χ1) is 16.0. The zero-order chi connectivity index (χ0) is 23.2. The minimum Gasteiger partial charge on any atom is -0.459 e. The molecule has 4 rings (SSSR count). The molecule has 0 fully saturated rings. The summed E-state index contributed by atoms with van der Waals surface area (Å²) in [5.74, 6) is -0.360. The van der Waals surface area contributed by atoms with Crippen LogP contribution in [-0.4, -0.2) is 11.8 Å². The van der Waals surface area contributed by atoms with E-state index < -0.39 is 5.25 Å². The molecule has 2 amide bonds. The third-order valence-corrected chi connectivity index (χ3v) is 6.25. The van der Waals surface area contributed by atoms with Crippen LogP contribution in [0, 0.1) is 0 Å². The molecule has 0 bridgehead atoms. The molecule has 0 spiro atoms. The first-order valence-corrected chi connectivity index (χ1v) is 11.5. The molecule has 0 radical (unpaired) electrons. The molecule has 1 unspecified atom stereocenters. The van der Waals surface area contributed by atoms with Crippen molar-refractivity contribution < 1.29 is 14.0 Å². The lowest BCUT2D eigenvalue weighted by molar-refractivity contribution is -0.115. The molecule has 3 aromatic carbocycles. The van der Waals surface area contributed by atoms with Crippen molar-refractivity contribution in [3.05, 3.63) is 113 Å². The fourth-order valence-corrected chi connectivity index (χ4v) is 4.73. The molecule has 0 aliphatic heterocycles. The SMILES string of the molecule is O=C(Nc1cccc(SC(C(=O)Nc2cc(Cl)cc(Cl)c2)c2ccccc2)c1)c1ccco1. The summed E-state index contributed by atoms with van der Waals surface area (Å²) >= 11 is 13.5. The van der Waals surface area contributed by atoms with Crippen LogP contribution in [-0.2, 0) is 4.79 Å². The van der Waals surface area contributed by atoms with Crippen LogP contribution in [0.15, 0.2) is 101 Å². The van der Waals surface area contributed by atoms with Crippen LogP contribution in [0.1, 0.15) is 21.4 Å². The zero-order valence-electron chi connectivity index (χ0n) is 17.1. The molecule has 0 aliphatic rings. The quantitative estimate of drug-likeness (QED) is 0.263. The minimum atomic E-state index is -0.556. The van der Waals surface area contributed by atoms with Gasteiger partial charge in [0.25, 0.3) is 5.91 Å². The van der Waals surface area contributed by atoms with Crippen molar-refractivity contribution >= 4 is 58.2 Å². The molecular formula is C25H18Cl2N2O3S. The Morgan fingerprint density at radius 2 is 1.55 bits per heavy atom. The second kappa shape index (κ2) is 10.6. The normalized spacial score (nSPS) is 11.6. The highest BCUT2D eigenvalue weighted by molar-refractivity contribution is 8.00. The number of hydrogen-bond donors (Lipinski definition) is 2. The highest BCUT2D eigenvalue weighted by atomic mass is 35.5. The summed E-state index contributed by atoms with van der Waals surface area (Å²) in [7, 11) is 0. The van der Waals surface area contributed by atoms with E-state index in [4.69, 9.17) is 27.6 Å². The molecule has 1 aromatic heterocycles.